The van der Waals surface area contributed by atoms with Gasteiger partial charge >= 0.3 is 0 Å². The molecule has 1 aromatic heterocycles. The number of hydrogen-bond acceptors (Lipinski definition) is 6. The highest BCUT2D eigenvalue weighted by molar-refractivity contribution is 5.37. The number of tetrazole rings is 1. The largest absolute Gasteiger partial charge is 0.491 e. The zero-order valence-corrected chi connectivity index (χ0v) is 13.4. The van der Waals surface area contributed by atoms with E-state index in [1.54, 1.807) is 4.68 Å². The average molecular weight is 317 g/mol. The Morgan fingerprint density at radius 3 is 2.91 bits per heavy atom. The summed E-state index contributed by atoms with van der Waals surface area (Å²) in [5.74, 6) is 1.50. The molecule has 124 valence electrons. The van der Waals surface area contributed by atoms with Crippen LogP contribution in [0.1, 0.15) is 19.8 Å². The molecule has 1 aromatic carbocycles. The van der Waals surface area contributed by atoms with E-state index in [-0.39, 0.29) is 6.61 Å². The summed E-state index contributed by atoms with van der Waals surface area (Å²) in [6.07, 6.45) is 3.47. The summed E-state index contributed by atoms with van der Waals surface area (Å²) in [6, 6.07) is 7.49. The maximum atomic E-state index is 10.2. The van der Waals surface area contributed by atoms with Gasteiger partial charge in [0.1, 0.15) is 24.8 Å². The van der Waals surface area contributed by atoms with Gasteiger partial charge in [0.05, 0.1) is 5.69 Å². The van der Waals surface area contributed by atoms with Gasteiger partial charge in [0, 0.05) is 12.6 Å². The number of rotatable bonds is 6. The van der Waals surface area contributed by atoms with Crippen LogP contribution in [0.5, 0.6) is 5.75 Å². The van der Waals surface area contributed by atoms with Gasteiger partial charge in [-0.05, 0) is 54.4 Å². The molecule has 1 aliphatic rings. The van der Waals surface area contributed by atoms with Gasteiger partial charge in [-0.1, -0.05) is 13.0 Å². The maximum absolute atomic E-state index is 10.2. The number of β-amino-alcohol motifs (C(OH)–C–C–N with tert-alkyl or cyclic N) is 1. The molecule has 0 saturated carbocycles. The van der Waals surface area contributed by atoms with Crippen molar-refractivity contribution >= 4 is 0 Å². The first-order chi connectivity index (χ1) is 11.2. The summed E-state index contributed by atoms with van der Waals surface area (Å²) < 4.78 is 7.28. The fourth-order valence-electron chi connectivity index (χ4n) is 2.78. The maximum Gasteiger partial charge on any atom is 0.143 e. The fraction of sp³-hybridized carbons (Fsp3) is 0.562. The second-order valence-corrected chi connectivity index (χ2v) is 6.20. The van der Waals surface area contributed by atoms with Crippen molar-refractivity contribution in [1.82, 2.24) is 25.1 Å². The van der Waals surface area contributed by atoms with E-state index in [9.17, 15) is 5.11 Å². The highest BCUT2D eigenvalue weighted by atomic mass is 16.5. The van der Waals surface area contributed by atoms with Crippen molar-refractivity contribution in [3.05, 3.63) is 30.6 Å². The highest BCUT2D eigenvalue weighted by Gasteiger charge is 2.18. The van der Waals surface area contributed by atoms with Gasteiger partial charge < -0.3 is 14.7 Å². The lowest BCUT2D eigenvalue weighted by atomic mass is 9.99. The summed E-state index contributed by atoms with van der Waals surface area (Å²) in [4.78, 5) is 2.31. The molecule has 2 aromatic rings. The van der Waals surface area contributed by atoms with Crippen LogP contribution in [0.25, 0.3) is 5.69 Å². The molecule has 1 atom stereocenters. The smallest absolute Gasteiger partial charge is 0.143 e. The van der Waals surface area contributed by atoms with Gasteiger partial charge in [-0.15, -0.1) is 5.10 Å². The van der Waals surface area contributed by atoms with Crippen LogP contribution in [0, 0.1) is 5.92 Å². The topological polar surface area (TPSA) is 76.3 Å². The summed E-state index contributed by atoms with van der Waals surface area (Å²) in [6.45, 7) is 5.36. The van der Waals surface area contributed by atoms with Crippen molar-refractivity contribution in [3.63, 3.8) is 0 Å². The van der Waals surface area contributed by atoms with E-state index in [0.29, 0.717) is 12.3 Å². The summed E-state index contributed by atoms with van der Waals surface area (Å²) in [5, 5.41) is 21.3. The second-order valence-electron chi connectivity index (χ2n) is 6.20. The molecule has 0 amide bonds. The summed E-state index contributed by atoms with van der Waals surface area (Å²) >= 11 is 0. The molecule has 3 rings (SSSR count). The lowest BCUT2D eigenvalue weighted by Gasteiger charge is -2.31. The van der Waals surface area contributed by atoms with E-state index < -0.39 is 6.10 Å². The summed E-state index contributed by atoms with van der Waals surface area (Å²) in [5.41, 5.74) is 0.826. The number of likely N-dealkylation sites (tertiary alicyclic amines) is 1. The molecular weight excluding hydrogens is 294 g/mol. The molecule has 1 fully saturated rings. The highest BCUT2D eigenvalue weighted by Crippen LogP contribution is 2.17. The molecule has 7 heteroatoms. The van der Waals surface area contributed by atoms with Gasteiger partial charge in [0.15, 0.2) is 0 Å². The molecule has 0 bridgehead atoms. The number of ether oxygens (including phenoxy) is 1. The lowest BCUT2D eigenvalue weighted by Crippen LogP contribution is -2.40. The van der Waals surface area contributed by atoms with Gasteiger partial charge in [-0.25, -0.2) is 4.68 Å². The quantitative estimate of drug-likeness (QED) is 0.861. The summed E-state index contributed by atoms with van der Waals surface area (Å²) in [7, 11) is 0. The number of aliphatic hydroxyl groups is 1. The Kier molecular flexibility index (Phi) is 5.19. The van der Waals surface area contributed by atoms with Gasteiger partial charge in [0.2, 0.25) is 0 Å². The molecule has 0 spiro atoms. The van der Waals surface area contributed by atoms with E-state index in [1.807, 2.05) is 24.3 Å². The zero-order valence-electron chi connectivity index (χ0n) is 13.4. The molecule has 0 radical (unpaired) electrons. The molecule has 1 N–H and O–H groups in total. The predicted octanol–water partition coefficient (Wildman–Crippen LogP) is 1.13. The van der Waals surface area contributed by atoms with Crippen LogP contribution in [0.2, 0.25) is 0 Å². The molecule has 1 saturated heterocycles. The first kappa shape index (κ1) is 15.9. The van der Waals surface area contributed by atoms with Crippen molar-refractivity contribution in [2.75, 3.05) is 26.2 Å². The van der Waals surface area contributed by atoms with Crippen molar-refractivity contribution in [2.45, 2.75) is 25.9 Å². The van der Waals surface area contributed by atoms with E-state index >= 15 is 0 Å². The SMILES string of the molecule is CC1CCN(C[C@@H](O)COc2cccc(-n3cnnn3)c2)CC1. The first-order valence-electron chi connectivity index (χ1n) is 8.07. The number of nitrogens with zero attached hydrogens (tertiary/aromatic N) is 5. The Balaban J connectivity index is 1.49. The fourth-order valence-corrected chi connectivity index (χ4v) is 2.78. The Morgan fingerprint density at radius 1 is 1.35 bits per heavy atom. The minimum absolute atomic E-state index is 0.283. The zero-order chi connectivity index (χ0) is 16.1. The number of hydrogen-bond donors (Lipinski definition) is 1. The Bertz CT molecular complexity index is 596. The third kappa shape index (κ3) is 4.49. The number of aliphatic hydroxyl groups excluding tert-OH is 1. The molecule has 0 aliphatic carbocycles. The van der Waals surface area contributed by atoms with Crippen molar-refractivity contribution < 1.29 is 9.84 Å². The van der Waals surface area contributed by atoms with E-state index in [1.165, 1.54) is 19.2 Å². The molecule has 1 aliphatic heterocycles. The van der Waals surface area contributed by atoms with Crippen LogP contribution in [0.15, 0.2) is 30.6 Å². The lowest BCUT2D eigenvalue weighted by molar-refractivity contribution is 0.0563. The molecule has 2 heterocycles. The van der Waals surface area contributed by atoms with Crippen LogP contribution in [0.4, 0.5) is 0 Å². The van der Waals surface area contributed by atoms with E-state index in [2.05, 4.69) is 27.3 Å². The van der Waals surface area contributed by atoms with Crippen LogP contribution < -0.4 is 4.74 Å². The first-order valence-corrected chi connectivity index (χ1v) is 8.07. The average Bonchev–Trinajstić information content (AvgIpc) is 3.10. The number of benzene rings is 1. The van der Waals surface area contributed by atoms with E-state index in [0.717, 1.165) is 24.7 Å². The Hall–Kier alpha value is -1.99. The van der Waals surface area contributed by atoms with Crippen molar-refractivity contribution in [1.29, 1.82) is 0 Å². The van der Waals surface area contributed by atoms with Crippen LogP contribution in [-0.2, 0) is 0 Å². The Labute approximate surface area is 135 Å². The van der Waals surface area contributed by atoms with Crippen LogP contribution >= 0.6 is 0 Å². The molecular formula is C16H23N5O2. The normalized spacial score (nSPS) is 18.0. The van der Waals surface area contributed by atoms with Gasteiger partial charge in [0.25, 0.3) is 0 Å². The molecule has 0 unspecified atom stereocenters. The van der Waals surface area contributed by atoms with Crippen LogP contribution in [0.3, 0.4) is 0 Å². The third-order valence-electron chi connectivity index (χ3n) is 4.22. The predicted molar refractivity (Wildman–Crippen MR) is 85.5 cm³/mol. The van der Waals surface area contributed by atoms with Gasteiger partial charge in [-0.2, -0.15) is 0 Å². The second kappa shape index (κ2) is 7.52. The molecule has 7 nitrogen and oxygen atoms in total. The number of aromatic nitrogens is 4. The van der Waals surface area contributed by atoms with Gasteiger partial charge in [-0.3, -0.25) is 0 Å². The van der Waals surface area contributed by atoms with E-state index in [4.69, 9.17) is 4.74 Å². The monoisotopic (exact) mass is 317 g/mol. The Morgan fingerprint density at radius 2 is 2.17 bits per heavy atom. The van der Waals surface area contributed by atoms with Crippen molar-refractivity contribution in [3.8, 4) is 11.4 Å². The standard InChI is InChI=1S/C16H23N5O2/c1-13-5-7-20(8-6-13)10-15(22)11-23-16-4-2-3-14(9-16)21-12-17-18-19-21/h2-4,9,12-13,15,22H,5-8,10-11H2,1H3/t15-/m1/s1. The number of piperidine rings is 1. The minimum Gasteiger partial charge on any atom is -0.491 e. The minimum atomic E-state index is -0.486. The van der Waals surface area contributed by atoms with Crippen LogP contribution in [-0.4, -0.2) is 62.6 Å². The molecule has 23 heavy (non-hydrogen) atoms. The third-order valence-corrected chi connectivity index (χ3v) is 4.22. The van der Waals surface area contributed by atoms with Crippen molar-refractivity contribution in [2.24, 2.45) is 5.92 Å².